The van der Waals surface area contributed by atoms with Crippen LogP contribution < -0.4 is 14.4 Å². The van der Waals surface area contributed by atoms with Crippen LogP contribution in [0.3, 0.4) is 0 Å². The maximum atomic E-state index is 12.8. The highest BCUT2D eigenvalue weighted by molar-refractivity contribution is 6.01. The predicted octanol–water partition coefficient (Wildman–Crippen LogP) is 4.11. The first kappa shape index (κ1) is 21.8. The summed E-state index contributed by atoms with van der Waals surface area (Å²) in [5, 5.41) is 0. The van der Waals surface area contributed by atoms with Gasteiger partial charge in [-0.3, -0.25) is 9.69 Å². The van der Waals surface area contributed by atoms with Gasteiger partial charge in [0.15, 0.2) is 11.6 Å². The van der Waals surface area contributed by atoms with Crippen molar-refractivity contribution in [2.24, 2.45) is 0 Å². The van der Waals surface area contributed by atoms with Gasteiger partial charge in [0.2, 0.25) is 5.88 Å². The number of benzene rings is 1. The number of ether oxygens (including phenoxy) is 3. The Bertz CT molecular complexity index is 1070. The molecule has 168 valence electrons. The van der Waals surface area contributed by atoms with E-state index in [0.717, 1.165) is 22.4 Å². The number of aromatic nitrogens is 2. The molecule has 0 saturated heterocycles. The summed E-state index contributed by atoms with van der Waals surface area (Å²) in [6, 6.07) is 7.58. The molecular weight excluding hydrogens is 410 g/mol. The maximum Gasteiger partial charge on any atom is 0.416 e. The zero-order chi connectivity index (χ0) is 22.9. The highest BCUT2D eigenvalue weighted by Crippen LogP contribution is 2.36. The first-order chi connectivity index (χ1) is 15.2. The third-order valence-corrected chi connectivity index (χ3v) is 5.20. The molecule has 1 aromatic carbocycles. The lowest BCUT2D eigenvalue weighted by Crippen LogP contribution is -2.36. The number of carbonyl (C=O) groups is 2. The molecule has 0 bridgehead atoms. The van der Waals surface area contributed by atoms with Crippen molar-refractivity contribution in [3.05, 3.63) is 47.3 Å². The number of anilines is 1. The van der Waals surface area contributed by atoms with Crippen LogP contribution in [0, 0.1) is 0 Å². The van der Waals surface area contributed by atoms with Crippen molar-refractivity contribution in [3.8, 4) is 11.6 Å². The molecule has 2 aromatic rings. The van der Waals surface area contributed by atoms with Gasteiger partial charge >= 0.3 is 6.09 Å². The third kappa shape index (κ3) is 4.74. The standard InChI is InChI=1S/C24H27N3O5/c1-24(2,3)32-23(29)27-12-11-19-21(27)25-20(16-7-8-17(28)13-16)26-22(19)31-14-15-5-9-18(30-4)10-6-15/h5-6,9-10,13H,7-8,11-12,14H2,1-4H3. The van der Waals surface area contributed by atoms with Crippen molar-refractivity contribution in [2.75, 3.05) is 18.6 Å². The monoisotopic (exact) mass is 437 g/mol. The smallest absolute Gasteiger partial charge is 0.416 e. The molecule has 2 aliphatic rings. The largest absolute Gasteiger partial charge is 0.497 e. The Morgan fingerprint density at radius 3 is 2.47 bits per heavy atom. The molecule has 1 amide bonds. The minimum absolute atomic E-state index is 0.0498. The second-order valence-corrected chi connectivity index (χ2v) is 8.81. The SMILES string of the molecule is COc1ccc(COc2nc(C3=CC(=O)CC3)nc3c2CCN3C(=O)OC(C)(C)C)cc1. The Kier molecular flexibility index (Phi) is 5.86. The normalized spacial score (nSPS) is 15.4. The van der Waals surface area contributed by atoms with Gasteiger partial charge in [0.05, 0.1) is 12.7 Å². The number of fused-ring (bicyclic) bond motifs is 1. The number of allylic oxidation sites excluding steroid dienone is 2. The van der Waals surface area contributed by atoms with E-state index in [1.54, 1.807) is 13.2 Å². The molecule has 8 nitrogen and oxygen atoms in total. The molecule has 0 radical (unpaired) electrons. The van der Waals surface area contributed by atoms with Gasteiger partial charge in [-0.05, 0) is 57.4 Å². The van der Waals surface area contributed by atoms with Gasteiger partial charge in [-0.2, -0.15) is 4.98 Å². The van der Waals surface area contributed by atoms with Gasteiger partial charge in [-0.15, -0.1) is 0 Å². The Hall–Kier alpha value is -3.42. The van der Waals surface area contributed by atoms with Crippen LogP contribution in [0.25, 0.3) is 5.57 Å². The van der Waals surface area contributed by atoms with Crippen LogP contribution in [0.4, 0.5) is 10.6 Å². The number of nitrogens with zero attached hydrogens (tertiary/aromatic N) is 3. The molecule has 0 unspecified atom stereocenters. The van der Waals surface area contributed by atoms with Gasteiger partial charge in [-0.1, -0.05) is 12.1 Å². The number of methoxy groups -OCH3 is 1. The van der Waals surface area contributed by atoms with Crippen LogP contribution in [0.2, 0.25) is 0 Å². The lowest BCUT2D eigenvalue weighted by molar-refractivity contribution is -0.114. The van der Waals surface area contributed by atoms with Gasteiger partial charge < -0.3 is 14.2 Å². The van der Waals surface area contributed by atoms with E-state index in [2.05, 4.69) is 9.97 Å². The molecule has 8 heteroatoms. The topological polar surface area (TPSA) is 90.9 Å². The molecule has 32 heavy (non-hydrogen) atoms. The molecule has 0 saturated carbocycles. The van der Waals surface area contributed by atoms with E-state index in [0.29, 0.717) is 49.9 Å². The average molecular weight is 437 g/mol. The molecule has 0 atom stereocenters. The van der Waals surface area contributed by atoms with Crippen molar-refractivity contribution < 1.29 is 23.8 Å². The van der Waals surface area contributed by atoms with E-state index in [1.807, 2.05) is 45.0 Å². The molecule has 2 heterocycles. The van der Waals surface area contributed by atoms with E-state index in [9.17, 15) is 9.59 Å². The first-order valence-corrected chi connectivity index (χ1v) is 10.6. The van der Waals surface area contributed by atoms with Crippen molar-refractivity contribution >= 4 is 23.3 Å². The van der Waals surface area contributed by atoms with Crippen molar-refractivity contribution in [1.82, 2.24) is 9.97 Å². The minimum Gasteiger partial charge on any atom is -0.497 e. The lowest BCUT2D eigenvalue weighted by Gasteiger charge is -2.24. The first-order valence-electron chi connectivity index (χ1n) is 10.6. The van der Waals surface area contributed by atoms with E-state index in [1.165, 1.54) is 4.90 Å². The number of hydrogen-bond acceptors (Lipinski definition) is 7. The van der Waals surface area contributed by atoms with Crippen molar-refractivity contribution in [2.45, 2.75) is 52.2 Å². The molecular formula is C24H27N3O5. The van der Waals surface area contributed by atoms with E-state index < -0.39 is 11.7 Å². The number of carbonyl (C=O) groups excluding carboxylic acids is 2. The number of amides is 1. The molecule has 1 aliphatic heterocycles. The summed E-state index contributed by atoms with van der Waals surface area (Å²) in [5.41, 5.74) is 1.85. The number of hydrogen-bond donors (Lipinski definition) is 0. The van der Waals surface area contributed by atoms with Gasteiger partial charge in [0, 0.05) is 18.5 Å². The van der Waals surface area contributed by atoms with Crippen LogP contribution in [-0.2, 0) is 22.6 Å². The molecule has 4 rings (SSSR count). The van der Waals surface area contributed by atoms with Gasteiger partial charge in [-0.25, -0.2) is 9.78 Å². The fraction of sp³-hybridized carbons (Fsp3) is 0.417. The molecule has 0 N–H and O–H groups in total. The summed E-state index contributed by atoms with van der Waals surface area (Å²) in [6.45, 7) is 6.21. The Morgan fingerprint density at radius 2 is 1.84 bits per heavy atom. The summed E-state index contributed by atoms with van der Waals surface area (Å²) in [4.78, 5) is 35.3. The van der Waals surface area contributed by atoms with E-state index in [-0.39, 0.29) is 5.78 Å². The second kappa shape index (κ2) is 8.61. The Labute approximate surface area is 187 Å². The molecule has 0 fully saturated rings. The van der Waals surface area contributed by atoms with Crippen molar-refractivity contribution in [1.29, 1.82) is 0 Å². The fourth-order valence-electron chi connectivity index (χ4n) is 3.63. The van der Waals surface area contributed by atoms with Crippen molar-refractivity contribution in [3.63, 3.8) is 0 Å². The van der Waals surface area contributed by atoms with E-state index in [4.69, 9.17) is 14.2 Å². The highest BCUT2D eigenvalue weighted by atomic mass is 16.6. The fourth-order valence-corrected chi connectivity index (χ4v) is 3.63. The zero-order valence-corrected chi connectivity index (χ0v) is 18.8. The summed E-state index contributed by atoms with van der Waals surface area (Å²) in [7, 11) is 1.62. The second-order valence-electron chi connectivity index (χ2n) is 8.81. The predicted molar refractivity (Wildman–Crippen MR) is 119 cm³/mol. The Balaban J connectivity index is 1.65. The molecule has 1 aromatic heterocycles. The number of ketones is 1. The summed E-state index contributed by atoms with van der Waals surface area (Å²) in [5.74, 6) is 2.13. The lowest BCUT2D eigenvalue weighted by atomic mass is 10.2. The molecule has 1 aliphatic carbocycles. The quantitative estimate of drug-likeness (QED) is 0.695. The van der Waals surface area contributed by atoms with E-state index >= 15 is 0 Å². The van der Waals surface area contributed by atoms with Crippen LogP contribution >= 0.6 is 0 Å². The summed E-state index contributed by atoms with van der Waals surface area (Å²) < 4.78 is 16.8. The minimum atomic E-state index is -0.621. The average Bonchev–Trinajstić information content (AvgIpc) is 3.37. The van der Waals surface area contributed by atoms with Crippen LogP contribution in [-0.4, -0.2) is 41.1 Å². The zero-order valence-electron chi connectivity index (χ0n) is 18.8. The third-order valence-electron chi connectivity index (χ3n) is 5.20. The van der Waals surface area contributed by atoms with Crippen LogP contribution in [0.5, 0.6) is 11.6 Å². The Morgan fingerprint density at radius 1 is 1.09 bits per heavy atom. The molecule has 0 spiro atoms. The highest BCUT2D eigenvalue weighted by Gasteiger charge is 2.34. The summed E-state index contributed by atoms with van der Waals surface area (Å²) >= 11 is 0. The van der Waals surface area contributed by atoms with Crippen LogP contribution in [0.1, 0.15) is 50.6 Å². The van der Waals surface area contributed by atoms with Crippen LogP contribution in [0.15, 0.2) is 30.3 Å². The maximum absolute atomic E-state index is 12.8. The van der Waals surface area contributed by atoms with Gasteiger partial charge in [0.1, 0.15) is 23.8 Å². The van der Waals surface area contributed by atoms with Gasteiger partial charge in [0.25, 0.3) is 0 Å². The summed E-state index contributed by atoms with van der Waals surface area (Å²) in [6.07, 6.45) is 2.68. The number of rotatable bonds is 5.